The third-order valence-corrected chi connectivity index (χ3v) is 4.64. The number of hydrogen-bond acceptors (Lipinski definition) is 5. The van der Waals surface area contributed by atoms with Gasteiger partial charge < -0.3 is 19.1 Å². The van der Waals surface area contributed by atoms with Gasteiger partial charge in [-0.05, 0) is 36.4 Å². The number of anilines is 1. The van der Waals surface area contributed by atoms with Gasteiger partial charge in [0.25, 0.3) is 5.91 Å². The number of halogens is 1. The van der Waals surface area contributed by atoms with E-state index in [0.717, 1.165) is 11.6 Å². The zero-order chi connectivity index (χ0) is 19.3. The summed E-state index contributed by atoms with van der Waals surface area (Å²) < 4.78 is 20.3. The molecule has 1 aliphatic heterocycles. The molecule has 3 aromatic rings. The summed E-state index contributed by atoms with van der Waals surface area (Å²) in [5.74, 6) is 1.71. The van der Waals surface area contributed by atoms with Crippen LogP contribution in [-0.4, -0.2) is 58.1 Å². The van der Waals surface area contributed by atoms with E-state index in [1.807, 2.05) is 35.2 Å². The number of hydrogen-bond donors (Lipinski definition) is 0. The lowest BCUT2D eigenvalue weighted by Crippen LogP contribution is -2.50. The van der Waals surface area contributed by atoms with Crippen molar-refractivity contribution in [2.24, 2.45) is 0 Å². The van der Waals surface area contributed by atoms with Crippen molar-refractivity contribution in [2.75, 3.05) is 37.7 Å². The van der Waals surface area contributed by atoms with Crippen LogP contribution >= 0.6 is 0 Å². The van der Waals surface area contributed by atoms with Crippen LogP contribution in [0.2, 0.25) is 0 Å². The fraction of sp³-hybridized carbons (Fsp3) is 0.250. The molecule has 8 heteroatoms. The van der Waals surface area contributed by atoms with Crippen LogP contribution in [0, 0.1) is 5.82 Å². The van der Waals surface area contributed by atoms with Gasteiger partial charge in [0.1, 0.15) is 29.5 Å². The molecule has 1 amide bonds. The molecule has 1 saturated heterocycles. The minimum Gasteiger partial charge on any atom is -0.484 e. The molecule has 0 N–H and O–H groups in total. The number of piperazine rings is 1. The standard InChI is InChI=1S/C20H20FN5O2/c21-16-3-5-17(6-4-16)28-14-20(27)26-11-9-25(10-12-26)19-13-18(22-15-23-19)24-7-1-2-8-24/h1-8,13,15H,9-12,14H2. The van der Waals surface area contributed by atoms with E-state index in [1.165, 1.54) is 24.3 Å². The van der Waals surface area contributed by atoms with Crippen LogP contribution in [0.5, 0.6) is 5.75 Å². The number of amides is 1. The average Bonchev–Trinajstić information content (AvgIpc) is 3.28. The smallest absolute Gasteiger partial charge is 0.260 e. The van der Waals surface area contributed by atoms with Gasteiger partial charge in [-0.2, -0.15) is 0 Å². The Labute approximate surface area is 162 Å². The minimum atomic E-state index is -0.334. The van der Waals surface area contributed by atoms with Crippen LogP contribution in [0.15, 0.2) is 61.2 Å². The monoisotopic (exact) mass is 381 g/mol. The molecule has 0 bridgehead atoms. The summed E-state index contributed by atoms with van der Waals surface area (Å²) in [6, 6.07) is 11.5. The predicted octanol–water partition coefficient (Wildman–Crippen LogP) is 2.13. The summed E-state index contributed by atoms with van der Waals surface area (Å²) in [5.41, 5.74) is 0. The molecule has 1 aromatic carbocycles. The van der Waals surface area contributed by atoms with Crippen LogP contribution in [0.3, 0.4) is 0 Å². The molecule has 4 rings (SSSR count). The van der Waals surface area contributed by atoms with Crippen molar-refractivity contribution in [1.82, 2.24) is 19.4 Å². The Morgan fingerprint density at radius 3 is 2.39 bits per heavy atom. The molecule has 0 saturated carbocycles. The van der Waals surface area contributed by atoms with Crippen molar-refractivity contribution in [3.8, 4) is 11.6 Å². The molecule has 0 spiro atoms. The third kappa shape index (κ3) is 4.11. The Balaban J connectivity index is 1.31. The van der Waals surface area contributed by atoms with Gasteiger partial charge in [0.2, 0.25) is 0 Å². The lowest BCUT2D eigenvalue weighted by Gasteiger charge is -2.35. The van der Waals surface area contributed by atoms with E-state index in [0.29, 0.717) is 31.9 Å². The number of rotatable bonds is 5. The topological polar surface area (TPSA) is 63.5 Å². The first-order valence-electron chi connectivity index (χ1n) is 9.05. The van der Waals surface area contributed by atoms with Crippen LogP contribution in [0.25, 0.3) is 5.82 Å². The summed E-state index contributed by atoms with van der Waals surface area (Å²) >= 11 is 0. The van der Waals surface area contributed by atoms with Crippen LogP contribution in [-0.2, 0) is 4.79 Å². The van der Waals surface area contributed by atoms with Gasteiger partial charge in [-0.1, -0.05) is 0 Å². The second kappa shape index (κ2) is 8.08. The Bertz CT molecular complexity index is 922. The van der Waals surface area contributed by atoms with Crippen molar-refractivity contribution < 1.29 is 13.9 Å². The molecule has 0 radical (unpaired) electrons. The molecule has 1 aliphatic rings. The van der Waals surface area contributed by atoms with E-state index in [2.05, 4.69) is 14.9 Å². The van der Waals surface area contributed by atoms with Gasteiger partial charge in [0.15, 0.2) is 6.61 Å². The maximum Gasteiger partial charge on any atom is 0.260 e. The number of ether oxygens (including phenoxy) is 1. The molecule has 0 unspecified atom stereocenters. The molecule has 0 atom stereocenters. The molecule has 0 aliphatic carbocycles. The third-order valence-electron chi connectivity index (χ3n) is 4.64. The van der Waals surface area contributed by atoms with Crippen LogP contribution in [0.1, 0.15) is 0 Å². The van der Waals surface area contributed by atoms with Crippen molar-refractivity contribution in [3.05, 3.63) is 67.0 Å². The maximum absolute atomic E-state index is 12.9. The molecule has 7 nitrogen and oxygen atoms in total. The molecule has 1 fully saturated rings. The van der Waals surface area contributed by atoms with E-state index in [-0.39, 0.29) is 18.3 Å². The molecule has 28 heavy (non-hydrogen) atoms. The number of carbonyl (C=O) groups excluding carboxylic acids is 1. The van der Waals surface area contributed by atoms with E-state index < -0.39 is 0 Å². The SMILES string of the molecule is O=C(COc1ccc(F)cc1)N1CCN(c2cc(-n3cccc3)ncn2)CC1. The van der Waals surface area contributed by atoms with Crippen LogP contribution < -0.4 is 9.64 Å². The lowest BCUT2D eigenvalue weighted by molar-refractivity contribution is -0.133. The summed E-state index contributed by atoms with van der Waals surface area (Å²) in [7, 11) is 0. The summed E-state index contributed by atoms with van der Waals surface area (Å²) in [6.45, 7) is 2.49. The summed E-state index contributed by atoms with van der Waals surface area (Å²) in [6.07, 6.45) is 5.42. The number of nitrogens with zero attached hydrogens (tertiary/aromatic N) is 5. The van der Waals surface area contributed by atoms with Gasteiger partial charge in [0, 0.05) is 44.6 Å². The molecular weight excluding hydrogens is 361 g/mol. The summed E-state index contributed by atoms with van der Waals surface area (Å²) in [5, 5.41) is 0. The fourth-order valence-corrected chi connectivity index (χ4v) is 3.09. The first-order chi connectivity index (χ1) is 13.7. The number of benzene rings is 1. The largest absolute Gasteiger partial charge is 0.484 e. The fourth-order valence-electron chi connectivity index (χ4n) is 3.09. The molecule has 144 valence electrons. The van der Waals surface area contributed by atoms with E-state index in [4.69, 9.17) is 4.74 Å². The highest BCUT2D eigenvalue weighted by Crippen LogP contribution is 2.17. The Kier molecular flexibility index (Phi) is 5.18. The van der Waals surface area contributed by atoms with E-state index in [9.17, 15) is 9.18 Å². The second-order valence-corrected chi connectivity index (χ2v) is 6.44. The minimum absolute atomic E-state index is 0.0586. The highest BCUT2D eigenvalue weighted by Gasteiger charge is 2.22. The zero-order valence-electron chi connectivity index (χ0n) is 15.2. The van der Waals surface area contributed by atoms with Crippen molar-refractivity contribution in [1.29, 1.82) is 0 Å². The van der Waals surface area contributed by atoms with Gasteiger partial charge in [-0.25, -0.2) is 14.4 Å². The quantitative estimate of drug-likeness (QED) is 0.678. The molecule has 2 aromatic heterocycles. The number of carbonyl (C=O) groups is 1. The van der Waals surface area contributed by atoms with E-state index >= 15 is 0 Å². The van der Waals surface area contributed by atoms with Gasteiger partial charge in [-0.3, -0.25) is 4.79 Å². The Hall–Kier alpha value is -3.42. The van der Waals surface area contributed by atoms with Crippen molar-refractivity contribution >= 4 is 11.7 Å². The Morgan fingerprint density at radius 2 is 1.68 bits per heavy atom. The van der Waals surface area contributed by atoms with Gasteiger partial charge in [-0.15, -0.1) is 0 Å². The maximum atomic E-state index is 12.9. The molecule has 3 heterocycles. The highest BCUT2D eigenvalue weighted by atomic mass is 19.1. The average molecular weight is 381 g/mol. The van der Waals surface area contributed by atoms with Gasteiger partial charge in [0.05, 0.1) is 0 Å². The van der Waals surface area contributed by atoms with Gasteiger partial charge >= 0.3 is 0 Å². The zero-order valence-corrected chi connectivity index (χ0v) is 15.2. The summed E-state index contributed by atoms with van der Waals surface area (Å²) in [4.78, 5) is 24.9. The predicted molar refractivity (Wildman–Crippen MR) is 102 cm³/mol. The van der Waals surface area contributed by atoms with Crippen LogP contribution in [0.4, 0.5) is 10.2 Å². The normalized spacial score (nSPS) is 14.2. The Morgan fingerprint density at radius 1 is 1.00 bits per heavy atom. The second-order valence-electron chi connectivity index (χ2n) is 6.44. The first kappa shape index (κ1) is 18.0. The first-order valence-corrected chi connectivity index (χ1v) is 9.05. The molecular formula is C20H20FN5O2. The highest BCUT2D eigenvalue weighted by molar-refractivity contribution is 5.78. The van der Waals surface area contributed by atoms with E-state index in [1.54, 1.807) is 11.2 Å². The van der Waals surface area contributed by atoms with Crippen molar-refractivity contribution in [2.45, 2.75) is 0 Å². The number of aromatic nitrogens is 3. The van der Waals surface area contributed by atoms with Crippen molar-refractivity contribution in [3.63, 3.8) is 0 Å². The lowest BCUT2D eigenvalue weighted by atomic mass is 10.3.